The minimum Gasteiger partial charge on any atom is -0.497 e. The molecule has 0 bridgehead atoms. The summed E-state index contributed by atoms with van der Waals surface area (Å²) in [7, 11) is 1.60. The number of alkyl halides is 2. The van der Waals surface area contributed by atoms with Gasteiger partial charge < -0.3 is 19.5 Å². The summed E-state index contributed by atoms with van der Waals surface area (Å²) in [6.07, 6.45) is 3.03. The molecule has 1 saturated carbocycles. The highest BCUT2D eigenvalue weighted by atomic mass is 19.3. The Bertz CT molecular complexity index is 1230. The second-order valence-corrected chi connectivity index (χ2v) is 10.1. The first-order chi connectivity index (χ1) is 18.3. The molecule has 2 aliphatic rings. The second-order valence-electron chi connectivity index (χ2n) is 10.1. The predicted octanol–water partition coefficient (Wildman–Crippen LogP) is 5.37. The van der Waals surface area contributed by atoms with Crippen molar-refractivity contribution in [1.82, 2.24) is 15.0 Å². The molecular formula is C28H32F2N4O4. The van der Waals surface area contributed by atoms with Crippen LogP contribution in [0, 0.1) is 0 Å². The molecule has 0 spiro atoms. The minimum absolute atomic E-state index is 0.100. The van der Waals surface area contributed by atoms with Crippen molar-refractivity contribution in [2.45, 2.75) is 63.0 Å². The largest absolute Gasteiger partial charge is 0.497 e. The molecule has 1 aliphatic heterocycles. The van der Waals surface area contributed by atoms with Gasteiger partial charge in [-0.3, -0.25) is 0 Å². The lowest BCUT2D eigenvalue weighted by Crippen LogP contribution is -2.39. The normalized spacial score (nSPS) is 21.2. The van der Waals surface area contributed by atoms with Gasteiger partial charge in [0, 0.05) is 31.6 Å². The van der Waals surface area contributed by atoms with Crippen LogP contribution in [0.15, 0.2) is 48.5 Å². The zero-order valence-corrected chi connectivity index (χ0v) is 21.4. The van der Waals surface area contributed by atoms with E-state index in [-0.39, 0.29) is 30.5 Å². The van der Waals surface area contributed by atoms with E-state index < -0.39 is 11.9 Å². The maximum absolute atomic E-state index is 13.5. The lowest BCUT2D eigenvalue weighted by Gasteiger charge is -2.34. The van der Waals surface area contributed by atoms with Crippen LogP contribution in [-0.2, 0) is 6.54 Å². The standard InChI is InChI=1S/C28H32F2N4O4/c1-37-23-10-2-19(3-11-23)18-34-26(25(27(35)36)31-32-34)38-24-12-6-21(7-13-24)20-4-8-22(9-5-20)33-16-14-28(29,30)15-17-33/h2-5,8-11,21,24H,6-7,12-18H2,1H3,(H,35,36). The van der Waals surface area contributed by atoms with Gasteiger partial charge in [0.25, 0.3) is 5.92 Å². The molecule has 10 heteroatoms. The molecule has 1 saturated heterocycles. The highest BCUT2D eigenvalue weighted by Crippen LogP contribution is 2.36. The number of aromatic nitrogens is 3. The third kappa shape index (κ3) is 5.89. The molecule has 0 radical (unpaired) electrons. The summed E-state index contributed by atoms with van der Waals surface area (Å²) in [5.74, 6) is -2.44. The fourth-order valence-corrected chi connectivity index (χ4v) is 5.28. The number of hydrogen-bond acceptors (Lipinski definition) is 6. The number of benzene rings is 2. The molecule has 202 valence electrons. The van der Waals surface area contributed by atoms with Crippen LogP contribution in [0.1, 0.15) is 66.1 Å². The second kappa shape index (κ2) is 11.0. The predicted molar refractivity (Wildman–Crippen MR) is 138 cm³/mol. The van der Waals surface area contributed by atoms with Crippen LogP contribution in [0.25, 0.3) is 0 Å². The van der Waals surface area contributed by atoms with Crippen molar-refractivity contribution in [1.29, 1.82) is 0 Å². The van der Waals surface area contributed by atoms with Gasteiger partial charge in [-0.15, -0.1) is 5.10 Å². The molecule has 1 aliphatic carbocycles. The van der Waals surface area contributed by atoms with Crippen LogP contribution in [0.4, 0.5) is 14.5 Å². The minimum atomic E-state index is -2.55. The summed E-state index contributed by atoms with van der Waals surface area (Å²) >= 11 is 0. The van der Waals surface area contributed by atoms with Crippen molar-refractivity contribution in [2.75, 3.05) is 25.1 Å². The molecule has 0 unspecified atom stereocenters. The molecule has 8 nitrogen and oxygen atoms in total. The number of rotatable bonds is 8. The number of piperidine rings is 1. The lowest BCUT2D eigenvalue weighted by molar-refractivity contribution is -0.0220. The Morgan fingerprint density at radius 1 is 1.03 bits per heavy atom. The van der Waals surface area contributed by atoms with Gasteiger partial charge in [0.2, 0.25) is 11.6 Å². The average Bonchev–Trinajstić information content (AvgIpc) is 3.32. The summed E-state index contributed by atoms with van der Waals surface area (Å²) in [4.78, 5) is 13.8. The summed E-state index contributed by atoms with van der Waals surface area (Å²) in [5.41, 5.74) is 2.95. The maximum Gasteiger partial charge on any atom is 0.362 e. The quantitative estimate of drug-likeness (QED) is 0.422. The van der Waals surface area contributed by atoms with E-state index in [0.29, 0.717) is 25.6 Å². The molecule has 5 rings (SSSR count). The molecule has 1 aromatic heterocycles. The lowest BCUT2D eigenvalue weighted by atomic mass is 9.82. The van der Waals surface area contributed by atoms with Crippen molar-refractivity contribution < 1.29 is 28.2 Å². The van der Waals surface area contributed by atoms with E-state index in [1.54, 1.807) is 7.11 Å². The first-order valence-electron chi connectivity index (χ1n) is 13.0. The number of halogens is 2. The molecule has 0 amide bonds. The van der Waals surface area contributed by atoms with Crippen LogP contribution in [0.3, 0.4) is 0 Å². The van der Waals surface area contributed by atoms with Gasteiger partial charge in [-0.25, -0.2) is 18.3 Å². The van der Waals surface area contributed by atoms with Crippen LogP contribution in [0.5, 0.6) is 11.6 Å². The molecule has 1 N–H and O–H groups in total. The first kappa shape index (κ1) is 25.9. The number of anilines is 1. The van der Waals surface area contributed by atoms with E-state index >= 15 is 0 Å². The van der Waals surface area contributed by atoms with Gasteiger partial charge in [-0.2, -0.15) is 0 Å². The van der Waals surface area contributed by atoms with E-state index in [1.807, 2.05) is 41.3 Å². The average molecular weight is 527 g/mol. The van der Waals surface area contributed by atoms with E-state index in [0.717, 1.165) is 42.7 Å². The topological polar surface area (TPSA) is 89.7 Å². The highest BCUT2D eigenvalue weighted by molar-refractivity contribution is 5.87. The number of carboxylic acids is 1. The van der Waals surface area contributed by atoms with E-state index in [2.05, 4.69) is 22.4 Å². The monoisotopic (exact) mass is 526 g/mol. The number of nitrogens with zero attached hydrogens (tertiary/aromatic N) is 4. The number of carbonyl (C=O) groups is 1. The molecule has 2 aromatic carbocycles. The third-order valence-electron chi connectivity index (χ3n) is 7.56. The number of methoxy groups -OCH3 is 1. The van der Waals surface area contributed by atoms with Crippen molar-refractivity contribution >= 4 is 11.7 Å². The van der Waals surface area contributed by atoms with Gasteiger partial charge in [-0.05, 0) is 67.0 Å². The van der Waals surface area contributed by atoms with Gasteiger partial charge >= 0.3 is 5.97 Å². The summed E-state index contributed by atoms with van der Waals surface area (Å²) in [6.45, 7) is 1.07. The fraction of sp³-hybridized carbons (Fsp3) is 0.464. The van der Waals surface area contributed by atoms with Crippen LogP contribution in [-0.4, -0.2) is 58.3 Å². The zero-order valence-electron chi connectivity index (χ0n) is 21.4. The highest BCUT2D eigenvalue weighted by Gasteiger charge is 2.34. The zero-order chi connectivity index (χ0) is 26.7. The van der Waals surface area contributed by atoms with Gasteiger partial charge in [-0.1, -0.05) is 29.5 Å². The van der Waals surface area contributed by atoms with Crippen LogP contribution in [0.2, 0.25) is 0 Å². The molecule has 2 fully saturated rings. The number of ether oxygens (including phenoxy) is 2. The Balaban J connectivity index is 1.19. The Morgan fingerprint density at radius 3 is 2.29 bits per heavy atom. The summed E-state index contributed by atoms with van der Waals surface area (Å²) < 4.78 is 39.8. The van der Waals surface area contributed by atoms with Gasteiger partial charge in [0.15, 0.2) is 0 Å². The summed E-state index contributed by atoms with van der Waals surface area (Å²) in [5, 5.41) is 17.5. The fourth-order valence-electron chi connectivity index (χ4n) is 5.28. The first-order valence-corrected chi connectivity index (χ1v) is 13.0. The van der Waals surface area contributed by atoms with Gasteiger partial charge in [0.1, 0.15) is 11.9 Å². The Morgan fingerprint density at radius 2 is 1.68 bits per heavy atom. The number of hydrogen-bond donors (Lipinski definition) is 1. The Hall–Kier alpha value is -3.69. The van der Waals surface area contributed by atoms with Crippen LogP contribution < -0.4 is 14.4 Å². The number of aromatic carboxylic acids is 1. The molecular weight excluding hydrogens is 494 g/mol. The van der Waals surface area contributed by atoms with E-state index in [4.69, 9.17) is 9.47 Å². The SMILES string of the molecule is COc1ccc(Cn2nnc(C(=O)O)c2OC2CCC(c3ccc(N4CCC(F)(F)CC4)cc3)CC2)cc1. The number of carboxylic acid groups (broad SMARTS) is 1. The van der Waals surface area contributed by atoms with E-state index in [9.17, 15) is 18.7 Å². The van der Waals surface area contributed by atoms with Crippen molar-refractivity contribution in [2.24, 2.45) is 0 Å². The molecule has 3 aromatic rings. The maximum atomic E-state index is 13.5. The Labute approximate surface area is 220 Å². The van der Waals surface area contributed by atoms with E-state index in [1.165, 1.54) is 10.2 Å². The van der Waals surface area contributed by atoms with Crippen molar-refractivity contribution in [3.05, 3.63) is 65.4 Å². The van der Waals surface area contributed by atoms with Gasteiger partial charge in [0.05, 0.1) is 13.7 Å². The van der Waals surface area contributed by atoms with Crippen molar-refractivity contribution in [3.8, 4) is 11.6 Å². The molecule has 2 heterocycles. The summed E-state index contributed by atoms with van der Waals surface area (Å²) in [6, 6.07) is 15.7. The molecule has 0 atom stereocenters. The smallest absolute Gasteiger partial charge is 0.362 e. The van der Waals surface area contributed by atoms with Crippen LogP contribution >= 0.6 is 0 Å². The van der Waals surface area contributed by atoms with Crippen molar-refractivity contribution in [3.63, 3.8) is 0 Å². The third-order valence-corrected chi connectivity index (χ3v) is 7.56. The molecule has 38 heavy (non-hydrogen) atoms. The Kier molecular flexibility index (Phi) is 7.49.